The fourth-order valence-electron chi connectivity index (χ4n) is 3.42. The van der Waals surface area contributed by atoms with Crippen LogP contribution >= 0.6 is 11.3 Å². The monoisotopic (exact) mass is 406 g/mol. The largest absolute Gasteiger partial charge is 0.343 e. The molecule has 2 aromatic heterocycles. The number of para-hydroxylation sites is 2. The lowest BCUT2D eigenvalue weighted by Gasteiger charge is -2.20. The molecule has 7 heteroatoms. The Morgan fingerprint density at radius 3 is 2.76 bits per heavy atom. The van der Waals surface area contributed by atoms with Gasteiger partial charge in [-0.3, -0.25) is 4.79 Å². The van der Waals surface area contributed by atoms with Gasteiger partial charge in [-0.2, -0.15) is 0 Å². The van der Waals surface area contributed by atoms with E-state index in [-0.39, 0.29) is 17.8 Å². The third-order valence-corrected chi connectivity index (χ3v) is 6.32. The minimum atomic E-state index is -0.327. The first-order valence-electron chi connectivity index (χ1n) is 9.59. The van der Waals surface area contributed by atoms with Crippen LogP contribution in [-0.2, 0) is 6.54 Å². The van der Waals surface area contributed by atoms with E-state index in [1.165, 1.54) is 23.5 Å². The maximum Gasteiger partial charge on any atom is 0.263 e. The van der Waals surface area contributed by atoms with Crippen LogP contribution in [0, 0.1) is 5.82 Å². The summed E-state index contributed by atoms with van der Waals surface area (Å²) >= 11 is 1.46. The average Bonchev–Trinajstić information content (AvgIpc) is 3.32. The molecule has 0 radical (unpaired) electrons. The summed E-state index contributed by atoms with van der Waals surface area (Å²) in [5.41, 5.74) is 2.72. The Hall–Kier alpha value is -3.06. The zero-order valence-electron chi connectivity index (χ0n) is 15.6. The second-order valence-corrected chi connectivity index (χ2v) is 8.36. The molecule has 1 atom stereocenters. The van der Waals surface area contributed by atoms with E-state index in [4.69, 9.17) is 0 Å². The Kier molecular flexibility index (Phi) is 4.60. The standard InChI is InChI=1S/C22H19FN4OS/c23-16-9-7-14(8-10-16)18(12-27-13-25-17-3-1-2-4-19(17)27)26-21(28)20-11-24-22(29-20)15-5-6-15/h1-4,7-11,13,15,18H,5-6,12H2,(H,26,28). The van der Waals surface area contributed by atoms with E-state index >= 15 is 0 Å². The van der Waals surface area contributed by atoms with Crippen molar-refractivity contribution in [1.29, 1.82) is 0 Å². The van der Waals surface area contributed by atoms with Gasteiger partial charge in [0.1, 0.15) is 10.7 Å². The van der Waals surface area contributed by atoms with Crippen molar-refractivity contribution >= 4 is 28.3 Å². The molecule has 0 saturated heterocycles. The van der Waals surface area contributed by atoms with E-state index < -0.39 is 0 Å². The number of carbonyl (C=O) groups is 1. The number of carbonyl (C=O) groups excluding carboxylic acids is 1. The molecule has 1 amide bonds. The number of aromatic nitrogens is 3. The van der Waals surface area contributed by atoms with Crippen molar-refractivity contribution in [2.24, 2.45) is 0 Å². The first kappa shape index (κ1) is 18.0. The third kappa shape index (κ3) is 3.78. The highest BCUT2D eigenvalue weighted by Crippen LogP contribution is 2.41. The minimum absolute atomic E-state index is 0.159. The SMILES string of the molecule is O=C(NC(Cn1cnc2ccccc21)c1ccc(F)cc1)c1cnc(C2CC2)s1. The number of nitrogens with one attached hydrogen (secondary N) is 1. The Balaban J connectivity index is 1.43. The maximum absolute atomic E-state index is 13.4. The molecule has 0 spiro atoms. The predicted octanol–water partition coefficient (Wildman–Crippen LogP) is 4.68. The second kappa shape index (κ2) is 7.40. The lowest BCUT2D eigenvalue weighted by molar-refractivity contribution is 0.0937. The summed E-state index contributed by atoms with van der Waals surface area (Å²) in [6, 6.07) is 13.8. The Bertz CT molecular complexity index is 1160. The molecule has 1 saturated carbocycles. The van der Waals surface area contributed by atoms with Crippen molar-refractivity contribution in [3.63, 3.8) is 0 Å². The second-order valence-electron chi connectivity index (χ2n) is 7.30. The highest BCUT2D eigenvalue weighted by molar-refractivity contribution is 7.13. The molecular formula is C22H19FN4OS. The Morgan fingerprint density at radius 1 is 1.17 bits per heavy atom. The van der Waals surface area contributed by atoms with E-state index in [1.54, 1.807) is 24.7 Å². The molecule has 146 valence electrons. The molecule has 1 N–H and O–H groups in total. The van der Waals surface area contributed by atoms with E-state index in [0.29, 0.717) is 17.3 Å². The van der Waals surface area contributed by atoms with Crippen LogP contribution < -0.4 is 5.32 Å². The molecule has 5 rings (SSSR count). The molecule has 5 nitrogen and oxygen atoms in total. The molecule has 29 heavy (non-hydrogen) atoms. The number of fused-ring (bicyclic) bond motifs is 1. The molecule has 1 aliphatic rings. The van der Waals surface area contributed by atoms with E-state index in [9.17, 15) is 9.18 Å². The summed E-state index contributed by atoms with van der Waals surface area (Å²) in [6.45, 7) is 0.492. The maximum atomic E-state index is 13.4. The number of rotatable bonds is 6. The summed E-state index contributed by atoms with van der Waals surface area (Å²) < 4.78 is 15.4. The average molecular weight is 406 g/mol. The van der Waals surface area contributed by atoms with Crippen molar-refractivity contribution in [2.45, 2.75) is 31.3 Å². The van der Waals surface area contributed by atoms with Crippen LogP contribution in [0.15, 0.2) is 61.1 Å². The first-order valence-corrected chi connectivity index (χ1v) is 10.4. The summed E-state index contributed by atoms with van der Waals surface area (Å²) in [7, 11) is 0. The molecule has 4 aromatic rings. The third-order valence-electron chi connectivity index (χ3n) is 5.16. The van der Waals surface area contributed by atoms with Gasteiger partial charge in [0.25, 0.3) is 5.91 Å². The van der Waals surface area contributed by atoms with Gasteiger partial charge < -0.3 is 9.88 Å². The summed E-state index contributed by atoms with van der Waals surface area (Å²) in [5.74, 6) is 0.0587. The zero-order chi connectivity index (χ0) is 19.8. The summed E-state index contributed by atoms with van der Waals surface area (Å²) in [6.07, 6.45) is 5.73. The van der Waals surface area contributed by atoms with Gasteiger partial charge in [-0.1, -0.05) is 24.3 Å². The zero-order valence-corrected chi connectivity index (χ0v) is 16.4. The van der Waals surface area contributed by atoms with Gasteiger partial charge in [-0.15, -0.1) is 11.3 Å². The van der Waals surface area contributed by atoms with Gasteiger partial charge in [0.05, 0.1) is 34.6 Å². The Morgan fingerprint density at radius 2 is 1.97 bits per heavy atom. The van der Waals surface area contributed by atoms with Crippen LogP contribution in [0.2, 0.25) is 0 Å². The van der Waals surface area contributed by atoms with Gasteiger partial charge in [0, 0.05) is 12.5 Å². The number of amides is 1. The van der Waals surface area contributed by atoms with Crippen molar-refractivity contribution in [3.05, 3.63) is 82.3 Å². The predicted molar refractivity (Wildman–Crippen MR) is 110 cm³/mol. The summed E-state index contributed by atoms with van der Waals surface area (Å²) in [4.78, 5) is 22.3. The number of hydrogen-bond acceptors (Lipinski definition) is 4. The number of halogens is 1. The molecule has 1 fully saturated rings. The topological polar surface area (TPSA) is 59.8 Å². The summed E-state index contributed by atoms with van der Waals surface area (Å²) in [5, 5.41) is 4.14. The Labute approximate surface area is 171 Å². The van der Waals surface area contributed by atoms with Crippen molar-refractivity contribution < 1.29 is 9.18 Å². The van der Waals surface area contributed by atoms with Crippen LogP contribution in [0.25, 0.3) is 11.0 Å². The normalized spacial score (nSPS) is 14.8. The molecule has 0 aliphatic heterocycles. The van der Waals surface area contributed by atoms with Gasteiger partial charge in [-0.25, -0.2) is 14.4 Å². The minimum Gasteiger partial charge on any atom is -0.343 e. The molecule has 1 unspecified atom stereocenters. The number of hydrogen-bond donors (Lipinski definition) is 1. The molecule has 2 heterocycles. The van der Waals surface area contributed by atoms with Gasteiger partial charge in [0.2, 0.25) is 0 Å². The van der Waals surface area contributed by atoms with Gasteiger partial charge >= 0.3 is 0 Å². The number of thiazole rings is 1. The van der Waals surface area contributed by atoms with Crippen LogP contribution in [0.5, 0.6) is 0 Å². The van der Waals surface area contributed by atoms with Crippen LogP contribution in [0.3, 0.4) is 0 Å². The van der Waals surface area contributed by atoms with Crippen LogP contribution in [-0.4, -0.2) is 20.4 Å². The van der Waals surface area contributed by atoms with E-state index in [2.05, 4.69) is 15.3 Å². The first-order chi connectivity index (χ1) is 14.2. The van der Waals surface area contributed by atoms with Gasteiger partial charge in [-0.05, 0) is 42.7 Å². The lowest BCUT2D eigenvalue weighted by Crippen LogP contribution is -2.31. The van der Waals surface area contributed by atoms with Crippen LogP contribution in [0.4, 0.5) is 4.39 Å². The number of imidazole rings is 1. The highest BCUT2D eigenvalue weighted by Gasteiger charge is 2.28. The highest BCUT2D eigenvalue weighted by atomic mass is 32.1. The van der Waals surface area contributed by atoms with Crippen molar-refractivity contribution in [1.82, 2.24) is 19.9 Å². The van der Waals surface area contributed by atoms with Gasteiger partial charge in [0.15, 0.2) is 0 Å². The van der Waals surface area contributed by atoms with E-state index in [0.717, 1.165) is 34.4 Å². The fraction of sp³-hybridized carbons (Fsp3) is 0.227. The number of benzene rings is 2. The smallest absolute Gasteiger partial charge is 0.263 e. The van der Waals surface area contributed by atoms with Crippen molar-refractivity contribution in [3.8, 4) is 0 Å². The molecule has 1 aliphatic carbocycles. The molecular weight excluding hydrogens is 387 g/mol. The molecule has 0 bridgehead atoms. The number of nitrogens with zero attached hydrogens (tertiary/aromatic N) is 3. The fourth-order valence-corrected chi connectivity index (χ4v) is 4.41. The van der Waals surface area contributed by atoms with Crippen LogP contribution in [0.1, 0.15) is 45.0 Å². The van der Waals surface area contributed by atoms with E-state index in [1.807, 2.05) is 28.8 Å². The quantitative estimate of drug-likeness (QED) is 0.506. The molecule has 2 aromatic carbocycles. The van der Waals surface area contributed by atoms with Crippen molar-refractivity contribution in [2.75, 3.05) is 0 Å². The lowest BCUT2D eigenvalue weighted by atomic mass is 10.1.